The van der Waals surface area contributed by atoms with Crippen LogP contribution in [-0.2, 0) is 0 Å². The summed E-state index contributed by atoms with van der Waals surface area (Å²) in [5.41, 5.74) is 8.77. The number of hydrogen-bond acceptors (Lipinski definition) is 0. The topological polar surface area (TPSA) is 7.76 Å². The highest BCUT2D eigenvalue weighted by Gasteiger charge is 2.59. The summed E-state index contributed by atoms with van der Waals surface area (Å²) in [5.74, 6) is 0.494. The van der Waals surface area contributed by atoms with Crippen molar-refractivity contribution in [2.24, 2.45) is 0 Å². The van der Waals surface area contributed by atoms with Crippen molar-refractivity contribution in [2.45, 2.75) is 23.9 Å². The molecule has 36 heavy (non-hydrogen) atoms. The lowest BCUT2D eigenvalue weighted by Gasteiger charge is -2.42. The first kappa shape index (κ1) is 19.0. The predicted octanol–water partition coefficient (Wildman–Crippen LogP) is 6.35. The molecular weight excluding hydrogens is 436 g/mol. The van der Waals surface area contributed by atoms with Crippen LogP contribution in [-0.4, -0.2) is 0 Å². The van der Waals surface area contributed by atoms with E-state index in [1.54, 1.807) is 0 Å². The number of fused-ring (bicyclic) bond motifs is 2. The standard InChI is InChI=1S/C34H24N2/c1-3-11-23-19-35-29(17-21(23)9-1)31-25-13-5-7-15-27(25)33(35)34-28-16-8-6-14-26(28)32(31)30-18-22-10-2-4-12-24(22)20-36(30)34/h1-20,31-34H/q+2. The van der Waals surface area contributed by atoms with Crippen LogP contribution in [0, 0.1) is 0 Å². The van der Waals surface area contributed by atoms with Gasteiger partial charge in [0.2, 0.25) is 12.1 Å². The quantitative estimate of drug-likeness (QED) is 0.233. The van der Waals surface area contributed by atoms with E-state index >= 15 is 0 Å². The molecule has 2 heteroatoms. The number of nitrogens with zero attached hydrogens (tertiary/aromatic N) is 2. The summed E-state index contributed by atoms with van der Waals surface area (Å²) in [6, 6.07) is 41.4. The van der Waals surface area contributed by atoms with Crippen LogP contribution in [0.3, 0.4) is 0 Å². The van der Waals surface area contributed by atoms with Gasteiger partial charge < -0.3 is 0 Å². The smallest absolute Gasteiger partial charge is 0.187 e. The van der Waals surface area contributed by atoms with Crippen molar-refractivity contribution in [1.29, 1.82) is 0 Å². The van der Waals surface area contributed by atoms with Gasteiger partial charge in [0, 0.05) is 34.0 Å². The van der Waals surface area contributed by atoms with E-state index in [0.29, 0.717) is 0 Å². The molecule has 7 heterocycles. The first-order valence-electron chi connectivity index (χ1n) is 12.9. The molecule has 0 N–H and O–H groups in total. The Kier molecular flexibility index (Phi) is 3.51. The fourth-order valence-electron chi connectivity index (χ4n) is 7.51. The van der Waals surface area contributed by atoms with Gasteiger partial charge in [0.05, 0.1) is 11.8 Å². The minimum absolute atomic E-state index is 0.185. The molecule has 12 rings (SSSR count). The van der Waals surface area contributed by atoms with Crippen molar-refractivity contribution < 1.29 is 9.13 Å². The third kappa shape index (κ3) is 2.27. The zero-order valence-corrected chi connectivity index (χ0v) is 19.8. The van der Waals surface area contributed by atoms with Crippen LogP contribution in [0.1, 0.15) is 57.6 Å². The van der Waals surface area contributed by atoms with E-state index in [-0.39, 0.29) is 23.9 Å². The summed E-state index contributed by atoms with van der Waals surface area (Å²) >= 11 is 0. The van der Waals surface area contributed by atoms with Gasteiger partial charge in [-0.3, -0.25) is 0 Å². The van der Waals surface area contributed by atoms with Crippen molar-refractivity contribution in [3.05, 3.63) is 155 Å². The maximum atomic E-state index is 2.62. The van der Waals surface area contributed by atoms with Gasteiger partial charge in [-0.1, -0.05) is 84.9 Å². The molecule has 0 saturated carbocycles. The Hall–Kier alpha value is -4.30. The van der Waals surface area contributed by atoms with Gasteiger partial charge in [-0.05, 0) is 34.0 Å². The van der Waals surface area contributed by atoms with Gasteiger partial charge in [-0.2, -0.15) is 9.13 Å². The van der Waals surface area contributed by atoms with Crippen molar-refractivity contribution in [1.82, 2.24) is 0 Å². The number of rotatable bonds is 0. The fourth-order valence-corrected chi connectivity index (χ4v) is 7.51. The van der Waals surface area contributed by atoms with E-state index in [9.17, 15) is 0 Å². The van der Waals surface area contributed by atoms with Gasteiger partial charge in [0.25, 0.3) is 0 Å². The second-order valence-corrected chi connectivity index (χ2v) is 10.6. The van der Waals surface area contributed by atoms with E-state index in [1.165, 1.54) is 55.2 Å². The summed E-state index contributed by atoms with van der Waals surface area (Å²) < 4.78 is 5.24. The molecule has 0 spiro atoms. The lowest BCUT2D eigenvalue weighted by molar-refractivity contribution is -0.816. The summed E-state index contributed by atoms with van der Waals surface area (Å²) in [6.45, 7) is 0. The average molecular weight is 461 g/mol. The van der Waals surface area contributed by atoms with Crippen LogP contribution in [0.2, 0.25) is 0 Å². The summed E-state index contributed by atoms with van der Waals surface area (Å²) in [7, 11) is 0. The lowest BCUT2D eigenvalue weighted by Crippen LogP contribution is -2.64. The maximum absolute atomic E-state index is 2.62. The van der Waals surface area contributed by atoms with Crippen LogP contribution < -0.4 is 9.13 Å². The second-order valence-electron chi connectivity index (χ2n) is 10.6. The third-order valence-electron chi connectivity index (χ3n) is 8.92. The minimum atomic E-state index is 0.185. The zero-order chi connectivity index (χ0) is 23.4. The molecule has 4 atom stereocenters. The van der Waals surface area contributed by atoms with Crippen molar-refractivity contribution in [3.63, 3.8) is 0 Å². The molecule has 0 radical (unpaired) electrons. The minimum Gasteiger partial charge on any atom is -0.187 e. The molecule has 4 aromatic carbocycles. The molecule has 2 aromatic heterocycles. The third-order valence-corrected chi connectivity index (χ3v) is 8.92. The molecule has 2 nitrogen and oxygen atoms in total. The first-order chi connectivity index (χ1) is 17.9. The maximum Gasteiger partial charge on any atom is 0.249 e. The molecular formula is C34H24N2+2. The Labute approximate surface area is 209 Å². The van der Waals surface area contributed by atoms with Crippen LogP contribution in [0.4, 0.5) is 0 Å². The van der Waals surface area contributed by atoms with Gasteiger partial charge in [0.15, 0.2) is 23.8 Å². The fraction of sp³-hybridized carbons (Fsp3) is 0.118. The molecule has 0 amide bonds. The van der Waals surface area contributed by atoms with Crippen LogP contribution >= 0.6 is 0 Å². The monoisotopic (exact) mass is 460 g/mol. The van der Waals surface area contributed by atoms with E-state index in [0.717, 1.165) is 0 Å². The van der Waals surface area contributed by atoms with Crippen molar-refractivity contribution in [2.75, 3.05) is 0 Å². The van der Waals surface area contributed by atoms with Gasteiger partial charge in [-0.25, -0.2) is 0 Å². The van der Waals surface area contributed by atoms with E-state index in [2.05, 4.69) is 131 Å². The van der Waals surface area contributed by atoms with Gasteiger partial charge >= 0.3 is 0 Å². The molecule has 5 aliphatic heterocycles. The van der Waals surface area contributed by atoms with Crippen molar-refractivity contribution >= 4 is 21.5 Å². The van der Waals surface area contributed by atoms with Crippen LogP contribution in [0.15, 0.2) is 122 Å². The number of hydrogen-bond donors (Lipinski definition) is 0. The van der Waals surface area contributed by atoms with Gasteiger partial charge in [0.1, 0.15) is 0 Å². The largest absolute Gasteiger partial charge is 0.249 e. The highest BCUT2D eigenvalue weighted by molar-refractivity contribution is 5.82. The SMILES string of the molecule is c1ccc2c(c1)C1c3cc4ccccc4c[n+]3C2C2c3ccccc3C1c1cc3ccccc3c[n+]12. The zero-order valence-electron chi connectivity index (χ0n) is 19.8. The lowest BCUT2D eigenvalue weighted by atomic mass is 9.64. The number of benzene rings is 4. The summed E-state index contributed by atoms with van der Waals surface area (Å²) in [5, 5.41) is 5.25. The Morgan fingerprint density at radius 3 is 1.19 bits per heavy atom. The van der Waals surface area contributed by atoms with Crippen molar-refractivity contribution in [3.8, 4) is 0 Å². The predicted molar refractivity (Wildman–Crippen MR) is 141 cm³/mol. The molecule has 0 saturated heterocycles. The Balaban J connectivity index is 1.48. The first-order valence-corrected chi connectivity index (χ1v) is 12.9. The Morgan fingerprint density at radius 1 is 0.389 bits per heavy atom. The average Bonchev–Trinajstić information content (AvgIpc) is 2.92. The summed E-state index contributed by atoms with van der Waals surface area (Å²) in [6.07, 6.45) is 4.84. The second kappa shape index (κ2) is 6.67. The molecule has 1 aliphatic carbocycles. The highest BCUT2D eigenvalue weighted by atomic mass is 15.1. The Bertz CT molecular complexity index is 1610. The van der Waals surface area contributed by atoms with Crippen LogP contribution in [0.25, 0.3) is 21.5 Å². The highest BCUT2D eigenvalue weighted by Crippen LogP contribution is 2.55. The van der Waals surface area contributed by atoms with E-state index < -0.39 is 0 Å². The molecule has 168 valence electrons. The molecule has 6 aliphatic rings. The van der Waals surface area contributed by atoms with Crippen LogP contribution in [0.5, 0.6) is 0 Å². The Morgan fingerprint density at radius 2 is 0.750 bits per heavy atom. The van der Waals surface area contributed by atoms with E-state index in [4.69, 9.17) is 0 Å². The van der Waals surface area contributed by atoms with Gasteiger partial charge in [-0.15, -0.1) is 0 Å². The normalized spacial score (nSPS) is 22.4. The summed E-state index contributed by atoms with van der Waals surface area (Å²) in [4.78, 5) is 0. The molecule has 4 unspecified atom stereocenters. The molecule has 0 fully saturated rings. The molecule has 4 bridgehead atoms. The number of aromatic nitrogens is 2. The number of pyridine rings is 2. The molecule has 6 aromatic rings. The van der Waals surface area contributed by atoms with E-state index in [1.807, 2.05) is 0 Å².